The zero-order valence-corrected chi connectivity index (χ0v) is 12.0. The summed E-state index contributed by atoms with van der Waals surface area (Å²) in [4.78, 5) is 23.5. The first-order chi connectivity index (χ1) is 11.4. The summed E-state index contributed by atoms with van der Waals surface area (Å²) >= 11 is 0. The molecule has 2 aromatic carbocycles. The highest BCUT2D eigenvalue weighted by Gasteiger charge is 2.23. The average Bonchev–Trinajstić information content (AvgIpc) is 2.54. The first-order valence-electron chi connectivity index (χ1n) is 6.80. The molecule has 0 unspecified atom stereocenters. The van der Waals surface area contributed by atoms with Crippen molar-refractivity contribution in [2.75, 3.05) is 0 Å². The van der Waals surface area contributed by atoms with E-state index in [9.17, 15) is 23.5 Å². The second-order valence-electron chi connectivity index (χ2n) is 5.03. The summed E-state index contributed by atoms with van der Waals surface area (Å²) in [5.74, 6) is -2.22. The Labute approximate surface area is 133 Å². The van der Waals surface area contributed by atoms with Crippen LogP contribution in [0.25, 0.3) is 22.1 Å². The molecule has 0 spiro atoms. The van der Waals surface area contributed by atoms with Crippen molar-refractivity contribution in [3.63, 3.8) is 0 Å². The zero-order valence-electron chi connectivity index (χ0n) is 12.0. The van der Waals surface area contributed by atoms with Gasteiger partial charge in [0.15, 0.2) is 5.76 Å². The molecule has 5 nitrogen and oxygen atoms in total. The maximum Gasteiger partial charge on any atom is 0.335 e. The largest absolute Gasteiger partial charge is 0.508 e. The van der Waals surface area contributed by atoms with Gasteiger partial charge in [-0.15, -0.1) is 0 Å². The van der Waals surface area contributed by atoms with Gasteiger partial charge in [-0.1, -0.05) is 12.1 Å². The van der Waals surface area contributed by atoms with Gasteiger partial charge in [0.2, 0.25) is 5.43 Å². The number of aromatic hydroxyl groups is 1. The molecular weight excluding hydrogens is 322 g/mol. The van der Waals surface area contributed by atoms with Crippen molar-refractivity contribution in [3.8, 4) is 16.9 Å². The fourth-order valence-electron chi connectivity index (χ4n) is 2.41. The molecule has 0 bridgehead atoms. The van der Waals surface area contributed by atoms with Crippen LogP contribution in [0.1, 0.15) is 22.5 Å². The van der Waals surface area contributed by atoms with Crippen LogP contribution in [0, 0.1) is 0 Å². The fourth-order valence-corrected chi connectivity index (χ4v) is 2.41. The summed E-state index contributed by atoms with van der Waals surface area (Å²) in [5, 5.41) is 18.3. The molecule has 0 atom stereocenters. The summed E-state index contributed by atoms with van der Waals surface area (Å²) in [6.07, 6.45) is -3.06. The third-order valence-corrected chi connectivity index (χ3v) is 3.52. The molecule has 0 saturated heterocycles. The van der Waals surface area contributed by atoms with E-state index in [4.69, 9.17) is 9.52 Å². The van der Waals surface area contributed by atoms with Crippen molar-refractivity contribution in [1.29, 1.82) is 0 Å². The second kappa shape index (κ2) is 5.77. The highest BCUT2D eigenvalue weighted by molar-refractivity contribution is 5.89. The normalized spacial score (nSPS) is 11.1. The third-order valence-electron chi connectivity index (χ3n) is 3.52. The Balaban J connectivity index is 2.31. The van der Waals surface area contributed by atoms with Crippen molar-refractivity contribution in [3.05, 3.63) is 64.0 Å². The molecule has 2 N–H and O–H groups in total. The van der Waals surface area contributed by atoms with Crippen LogP contribution in [0.2, 0.25) is 0 Å². The van der Waals surface area contributed by atoms with E-state index in [1.165, 1.54) is 36.4 Å². The van der Waals surface area contributed by atoms with Crippen LogP contribution < -0.4 is 5.43 Å². The van der Waals surface area contributed by atoms with Gasteiger partial charge in [0.25, 0.3) is 6.43 Å². The highest BCUT2D eigenvalue weighted by atomic mass is 19.3. The number of carboxylic acids is 1. The number of aromatic carboxylic acids is 1. The molecule has 0 fully saturated rings. The van der Waals surface area contributed by atoms with E-state index in [0.717, 1.165) is 6.07 Å². The van der Waals surface area contributed by atoms with Gasteiger partial charge in [0, 0.05) is 6.07 Å². The number of phenolic OH excluding ortho intramolecular Hbond substituents is 1. The molecule has 24 heavy (non-hydrogen) atoms. The molecule has 3 aromatic rings. The Kier molecular flexibility index (Phi) is 3.76. The second-order valence-corrected chi connectivity index (χ2v) is 5.03. The van der Waals surface area contributed by atoms with Crippen molar-refractivity contribution >= 4 is 16.9 Å². The van der Waals surface area contributed by atoms with Crippen LogP contribution in [0.3, 0.4) is 0 Å². The number of rotatable bonds is 3. The number of benzene rings is 2. The molecule has 122 valence electrons. The van der Waals surface area contributed by atoms with E-state index in [0.29, 0.717) is 0 Å². The lowest BCUT2D eigenvalue weighted by molar-refractivity contribution is 0.0697. The van der Waals surface area contributed by atoms with E-state index >= 15 is 0 Å². The maximum absolute atomic E-state index is 13.3. The molecule has 0 saturated carbocycles. The Morgan fingerprint density at radius 1 is 1.08 bits per heavy atom. The number of carboxylic acid groups (broad SMARTS) is 1. The molecular formula is C17H10F2O5. The monoisotopic (exact) mass is 332 g/mol. The zero-order chi connectivity index (χ0) is 17.4. The van der Waals surface area contributed by atoms with Gasteiger partial charge in [-0.25, -0.2) is 13.6 Å². The SMILES string of the molecule is O=C(O)c1ccc(-c2c(C(F)F)oc3cc(O)ccc3c2=O)cc1. The van der Waals surface area contributed by atoms with Gasteiger partial charge in [-0.2, -0.15) is 0 Å². The summed E-state index contributed by atoms with van der Waals surface area (Å²) < 4.78 is 31.8. The predicted octanol–water partition coefficient (Wildman–Crippen LogP) is 3.80. The summed E-state index contributed by atoms with van der Waals surface area (Å²) in [7, 11) is 0. The molecule has 1 heterocycles. The lowest BCUT2D eigenvalue weighted by Crippen LogP contribution is -2.09. The number of alkyl halides is 2. The predicted molar refractivity (Wildman–Crippen MR) is 81.5 cm³/mol. The van der Waals surface area contributed by atoms with Crippen LogP contribution in [0.5, 0.6) is 5.75 Å². The average molecular weight is 332 g/mol. The van der Waals surface area contributed by atoms with Gasteiger partial charge < -0.3 is 14.6 Å². The van der Waals surface area contributed by atoms with Crippen molar-refractivity contribution < 1.29 is 28.2 Å². The number of halogens is 2. The van der Waals surface area contributed by atoms with Crippen LogP contribution in [0.15, 0.2) is 51.7 Å². The van der Waals surface area contributed by atoms with Gasteiger partial charge in [-0.3, -0.25) is 4.79 Å². The van der Waals surface area contributed by atoms with Gasteiger partial charge in [-0.05, 0) is 29.8 Å². The third kappa shape index (κ3) is 2.60. The highest BCUT2D eigenvalue weighted by Crippen LogP contribution is 2.32. The summed E-state index contributed by atoms with van der Waals surface area (Å²) in [6, 6.07) is 8.59. The Bertz CT molecular complexity index is 990. The first-order valence-corrected chi connectivity index (χ1v) is 6.80. The number of fused-ring (bicyclic) bond motifs is 1. The lowest BCUT2D eigenvalue weighted by Gasteiger charge is -2.10. The summed E-state index contributed by atoms with van der Waals surface area (Å²) in [5.41, 5.74) is -1.08. The molecule has 7 heteroatoms. The van der Waals surface area contributed by atoms with E-state index in [1.807, 2.05) is 0 Å². The molecule has 0 radical (unpaired) electrons. The van der Waals surface area contributed by atoms with E-state index in [-0.39, 0.29) is 33.4 Å². The Morgan fingerprint density at radius 2 is 1.75 bits per heavy atom. The Morgan fingerprint density at radius 3 is 2.33 bits per heavy atom. The van der Waals surface area contributed by atoms with Gasteiger partial charge >= 0.3 is 5.97 Å². The van der Waals surface area contributed by atoms with Crippen LogP contribution in [-0.2, 0) is 0 Å². The van der Waals surface area contributed by atoms with Crippen molar-refractivity contribution in [2.45, 2.75) is 6.43 Å². The fraction of sp³-hybridized carbons (Fsp3) is 0.0588. The van der Waals surface area contributed by atoms with Crippen molar-refractivity contribution in [2.24, 2.45) is 0 Å². The molecule has 1 aromatic heterocycles. The number of hydrogen-bond donors (Lipinski definition) is 2. The van der Waals surface area contributed by atoms with Gasteiger partial charge in [0.05, 0.1) is 16.5 Å². The smallest absolute Gasteiger partial charge is 0.335 e. The standard InChI is InChI=1S/C17H10F2O5/c18-16(19)15-13(8-1-3-9(4-2-8)17(22)23)14(21)11-6-5-10(20)7-12(11)24-15/h1-7,16,20H,(H,22,23). The molecule has 0 amide bonds. The first kappa shape index (κ1) is 15.7. The van der Waals surface area contributed by atoms with E-state index in [2.05, 4.69) is 0 Å². The minimum Gasteiger partial charge on any atom is -0.508 e. The topological polar surface area (TPSA) is 87.7 Å². The number of carbonyl (C=O) groups is 1. The minimum absolute atomic E-state index is 0.0348. The van der Waals surface area contributed by atoms with Crippen LogP contribution >= 0.6 is 0 Å². The number of hydrogen-bond acceptors (Lipinski definition) is 4. The molecule has 0 aliphatic carbocycles. The van der Waals surface area contributed by atoms with E-state index in [1.54, 1.807) is 0 Å². The number of phenols is 1. The van der Waals surface area contributed by atoms with Crippen molar-refractivity contribution in [1.82, 2.24) is 0 Å². The molecule has 0 aliphatic rings. The maximum atomic E-state index is 13.3. The minimum atomic E-state index is -3.06. The lowest BCUT2D eigenvalue weighted by atomic mass is 10.0. The molecule has 3 rings (SSSR count). The van der Waals surface area contributed by atoms with E-state index < -0.39 is 23.6 Å². The quantitative estimate of drug-likeness (QED) is 0.761. The van der Waals surface area contributed by atoms with Crippen LogP contribution in [0.4, 0.5) is 8.78 Å². The Hall–Kier alpha value is -3.22. The summed E-state index contributed by atoms with van der Waals surface area (Å²) in [6.45, 7) is 0. The molecule has 0 aliphatic heterocycles. The van der Waals surface area contributed by atoms with Crippen LogP contribution in [-0.4, -0.2) is 16.2 Å². The van der Waals surface area contributed by atoms with Gasteiger partial charge in [0.1, 0.15) is 11.3 Å².